The van der Waals surface area contributed by atoms with E-state index in [-0.39, 0.29) is 18.0 Å². The Hall–Kier alpha value is -2.12. The van der Waals surface area contributed by atoms with Crippen molar-refractivity contribution < 1.29 is 32.3 Å². The van der Waals surface area contributed by atoms with E-state index in [1.165, 1.54) is 0 Å². The number of carbonyl (C=O) groups is 2. The molecule has 4 nitrogen and oxygen atoms in total. The number of amides is 1. The zero-order chi connectivity index (χ0) is 17.2. The maximum Gasteiger partial charge on any atom is 0.390 e. The molecule has 1 saturated carbocycles. The van der Waals surface area contributed by atoms with Crippen LogP contribution in [0.2, 0.25) is 0 Å². The predicted octanol–water partition coefficient (Wildman–Crippen LogP) is 3.33. The highest BCUT2D eigenvalue weighted by atomic mass is 19.4. The first-order valence-corrected chi connectivity index (χ1v) is 7.06. The van der Waals surface area contributed by atoms with Crippen LogP contribution < -0.4 is 0 Å². The molecule has 23 heavy (non-hydrogen) atoms. The topological polar surface area (TPSA) is 57.6 Å². The van der Waals surface area contributed by atoms with Gasteiger partial charge in [0.05, 0.1) is 17.5 Å². The van der Waals surface area contributed by atoms with Gasteiger partial charge >= 0.3 is 12.1 Å². The summed E-state index contributed by atoms with van der Waals surface area (Å²) < 4.78 is 51.1. The third-order valence-corrected chi connectivity index (χ3v) is 3.57. The molecule has 2 rings (SSSR count). The lowest BCUT2D eigenvalue weighted by molar-refractivity contribution is -0.136. The van der Waals surface area contributed by atoms with Crippen LogP contribution in [-0.4, -0.2) is 41.1 Å². The minimum absolute atomic E-state index is 0.147. The standard InChI is InChI=1S/C15H15F4NO3/c16-12-7-10(14(22)23)3-4-11(12)13(21)20(8-9-1-2-9)6-5-15(17,18)19/h3-4,7,9H,1-2,5-6,8H2,(H,22,23). The van der Waals surface area contributed by atoms with Gasteiger partial charge in [0.15, 0.2) is 0 Å². The van der Waals surface area contributed by atoms with E-state index in [0.29, 0.717) is 6.07 Å². The molecule has 1 aliphatic carbocycles. The number of carboxylic acids is 1. The molecule has 0 bridgehead atoms. The maximum atomic E-state index is 13.9. The van der Waals surface area contributed by atoms with Crippen LogP contribution in [0.3, 0.4) is 0 Å². The fourth-order valence-electron chi connectivity index (χ4n) is 2.14. The van der Waals surface area contributed by atoms with Gasteiger partial charge in [-0.1, -0.05) is 0 Å². The number of aromatic carboxylic acids is 1. The van der Waals surface area contributed by atoms with E-state index in [4.69, 9.17) is 5.11 Å². The second kappa shape index (κ2) is 6.55. The summed E-state index contributed by atoms with van der Waals surface area (Å²) in [6, 6.07) is 2.74. The smallest absolute Gasteiger partial charge is 0.390 e. The molecular weight excluding hydrogens is 318 g/mol. The highest BCUT2D eigenvalue weighted by Crippen LogP contribution is 2.31. The molecule has 0 heterocycles. The normalized spacial score (nSPS) is 14.6. The van der Waals surface area contributed by atoms with Crippen molar-refractivity contribution in [3.8, 4) is 0 Å². The van der Waals surface area contributed by atoms with Crippen LogP contribution in [0.15, 0.2) is 18.2 Å². The average molecular weight is 333 g/mol. The van der Waals surface area contributed by atoms with Gasteiger partial charge in [0.1, 0.15) is 5.82 Å². The Bertz CT molecular complexity index is 611. The summed E-state index contributed by atoms with van der Waals surface area (Å²) >= 11 is 0. The van der Waals surface area contributed by atoms with Crippen molar-refractivity contribution in [3.63, 3.8) is 0 Å². The number of carboxylic acid groups (broad SMARTS) is 1. The van der Waals surface area contributed by atoms with Crippen molar-refractivity contribution in [2.24, 2.45) is 5.92 Å². The zero-order valence-corrected chi connectivity index (χ0v) is 12.1. The second-order valence-corrected chi connectivity index (χ2v) is 5.56. The van der Waals surface area contributed by atoms with Crippen LogP contribution in [0.1, 0.15) is 40.0 Å². The van der Waals surface area contributed by atoms with E-state index < -0.39 is 42.4 Å². The summed E-state index contributed by atoms with van der Waals surface area (Å²) in [4.78, 5) is 24.0. The number of carbonyl (C=O) groups excluding carboxylic acids is 1. The van der Waals surface area contributed by atoms with Crippen molar-refractivity contribution in [1.82, 2.24) is 4.90 Å². The van der Waals surface area contributed by atoms with Crippen LogP contribution in [0.25, 0.3) is 0 Å². The Labute approximate surface area is 129 Å². The number of hydrogen-bond donors (Lipinski definition) is 1. The van der Waals surface area contributed by atoms with E-state index in [1.807, 2.05) is 0 Å². The van der Waals surface area contributed by atoms with Crippen molar-refractivity contribution in [1.29, 1.82) is 0 Å². The van der Waals surface area contributed by atoms with Crippen molar-refractivity contribution in [2.45, 2.75) is 25.4 Å². The van der Waals surface area contributed by atoms with Gasteiger partial charge in [-0.15, -0.1) is 0 Å². The Kier molecular flexibility index (Phi) is 4.91. The quantitative estimate of drug-likeness (QED) is 0.813. The average Bonchev–Trinajstić information content (AvgIpc) is 3.25. The molecule has 0 saturated heterocycles. The largest absolute Gasteiger partial charge is 0.478 e. The van der Waals surface area contributed by atoms with E-state index in [2.05, 4.69) is 0 Å². The molecule has 0 spiro atoms. The molecule has 1 fully saturated rings. The minimum atomic E-state index is -4.41. The first kappa shape index (κ1) is 17.2. The highest BCUT2D eigenvalue weighted by Gasteiger charge is 2.33. The molecule has 1 aromatic rings. The summed E-state index contributed by atoms with van der Waals surface area (Å²) in [5.74, 6) is -3.11. The lowest BCUT2D eigenvalue weighted by Crippen LogP contribution is -2.36. The molecule has 0 atom stereocenters. The van der Waals surface area contributed by atoms with E-state index >= 15 is 0 Å². The molecule has 0 unspecified atom stereocenters. The van der Waals surface area contributed by atoms with Gasteiger partial charge in [0.25, 0.3) is 5.91 Å². The van der Waals surface area contributed by atoms with E-state index in [0.717, 1.165) is 29.9 Å². The Morgan fingerprint density at radius 3 is 2.39 bits per heavy atom. The Morgan fingerprint density at radius 1 is 1.26 bits per heavy atom. The predicted molar refractivity (Wildman–Crippen MR) is 72.7 cm³/mol. The Morgan fingerprint density at radius 2 is 1.91 bits per heavy atom. The lowest BCUT2D eigenvalue weighted by Gasteiger charge is -2.23. The van der Waals surface area contributed by atoms with Gasteiger partial charge < -0.3 is 10.0 Å². The minimum Gasteiger partial charge on any atom is -0.478 e. The molecular formula is C15H15F4NO3. The van der Waals surface area contributed by atoms with Crippen LogP contribution >= 0.6 is 0 Å². The number of rotatable bonds is 6. The van der Waals surface area contributed by atoms with Crippen LogP contribution in [0.5, 0.6) is 0 Å². The SMILES string of the molecule is O=C(O)c1ccc(C(=O)N(CCC(F)(F)F)CC2CC2)c(F)c1. The van der Waals surface area contributed by atoms with Crippen LogP contribution in [0.4, 0.5) is 17.6 Å². The van der Waals surface area contributed by atoms with Gasteiger partial charge in [0.2, 0.25) is 0 Å². The summed E-state index contributed by atoms with van der Waals surface area (Å²) in [5, 5.41) is 8.76. The lowest BCUT2D eigenvalue weighted by atomic mass is 10.1. The monoisotopic (exact) mass is 333 g/mol. The molecule has 0 radical (unpaired) electrons. The van der Waals surface area contributed by atoms with E-state index in [9.17, 15) is 27.2 Å². The number of benzene rings is 1. The fraction of sp³-hybridized carbons (Fsp3) is 0.467. The fourth-order valence-corrected chi connectivity index (χ4v) is 2.14. The number of hydrogen-bond acceptors (Lipinski definition) is 2. The molecule has 1 amide bonds. The second-order valence-electron chi connectivity index (χ2n) is 5.56. The van der Waals surface area contributed by atoms with Crippen molar-refractivity contribution >= 4 is 11.9 Å². The molecule has 126 valence electrons. The molecule has 8 heteroatoms. The van der Waals surface area contributed by atoms with E-state index in [1.54, 1.807) is 0 Å². The van der Waals surface area contributed by atoms with Gasteiger partial charge in [-0.25, -0.2) is 9.18 Å². The number of halogens is 4. The van der Waals surface area contributed by atoms with Crippen LogP contribution in [0, 0.1) is 11.7 Å². The summed E-state index contributed by atoms with van der Waals surface area (Å²) in [7, 11) is 0. The van der Waals surface area contributed by atoms with Gasteiger partial charge in [-0.2, -0.15) is 13.2 Å². The summed E-state index contributed by atoms with van der Waals surface area (Å²) in [5.41, 5.74) is -0.749. The molecule has 1 aliphatic rings. The third-order valence-electron chi connectivity index (χ3n) is 3.57. The Balaban J connectivity index is 2.16. The third kappa shape index (κ3) is 4.94. The molecule has 0 aliphatic heterocycles. The molecule has 1 N–H and O–H groups in total. The first-order valence-electron chi connectivity index (χ1n) is 7.06. The van der Waals surface area contributed by atoms with Crippen molar-refractivity contribution in [2.75, 3.05) is 13.1 Å². The van der Waals surface area contributed by atoms with Gasteiger partial charge in [-0.3, -0.25) is 4.79 Å². The maximum absolute atomic E-state index is 13.9. The number of alkyl halides is 3. The first-order chi connectivity index (χ1) is 10.7. The summed E-state index contributed by atoms with van der Waals surface area (Å²) in [6.45, 7) is -0.395. The van der Waals surface area contributed by atoms with Crippen molar-refractivity contribution in [3.05, 3.63) is 35.1 Å². The number of nitrogens with zero attached hydrogens (tertiary/aromatic N) is 1. The highest BCUT2D eigenvalue weighted by molar-refractivity contribution is 5.96. The van der Waals surface area contributed by atoms with Gasteiger partial charge in [0, 0.05) is 13.1 Å². The molecule has 0 aromatic heterocycles. The molecule has 1 aromatic carbocycles. The van der Waals surface area contributed by atoms with Gasteiger partial charge in [-0.05, 0) is 37.0 Å². The zero-order valence-electron chi connectivity index (χ0n) is 12.1. The summed E-state index contributed by atoms with van der Waals surface area (Å²) in [6.07, 6.45) is -3.92. The van der Waals surface area contributed by atoms with Crippen LogP contribution in [-0.2, 0) is 0 Å².